The standard InChI is InChI=1S/C16H17N3O4/c1-19-14(9-3-4-9)12(8-17-19)15(20)18-10-5-6-11(16(21)22)13(7-10)23-2/h5-9H,3-4H2,1-2H3,(H,18,20)(H,21,22). The van der Waals surface area contributed by atoms with Gasteiger partial charge in [0.2, 0.25) is 0 Å². The fourth-order valence-electron chi connectivity index (χ4n) is 2.61. The zero-order chi connectivity index (χ0) is 16.6. The number of carboxylic acid groups (broad SMARTS) is 1. The highest BCUT2D eigenvalue weighted by atomic mass is 16.5. The number of aromatic nitrogens is 2. The molecule has 0 bridgehead atoms. The predicted molar refractivity (Wildman–Crippen MR) is 83.1 cm³/mol. The Morgan fingerprint density at radius 2 is 2.09 bits per heavy atom. The van der Waals surface area contributed by atoms with Crippen molar-refractivity contribution in [2.45, 2.75) is 18.8 Å². The number of benzene rings is 1. The van der Waals surface area contributed by atoms with Gasteiger partial charge in [-0.15, -0.1) is 0 Å². The lowest BCUT2D eigenvalue weighted by Crippen LogP contribution is -2.14. The molecule has 1 saturated carbocycles. The molecule has 1 aromatic heterocycles. The van der Waals surface area contributed by atoms with Crippen LogP contribution in [0.1, 0.15) is 45.2 Å². The monoisotopic (exact) mass is 315 g/mol. The number of anilines is 1. The van der Waals surface area contributed by atoms with E-state index in [1.165, 1.54) is 25.3 Å². The first-order chi connectivity index (χ1) is 11.0. The number of ether oxygens (including phenoxy) is 1. The maximum Gasteiger partial charge on any atom is 0.339 e. The van der Waals surface area contributed by atoms with E-state index in [0.29, 0.717) is 17.2 Å². The Hall–Kier alpha value is -2.83. The van der Waals surface area contributed by atoms with E-state index in [1.54, 1.807) is 10.9 Å². The van der Waals surface area contributed by atoms with E-state index in [2.05, 4.69) is 10.4 Å². The highest BCUT2D eigenvalue weighted by Gasteiger charge is 2.31. The van der Waals surface area contributed by atoms with Gasteiger partial charge in [-0.25, -0.2) is 4.79 Å². The molecule has 1 fully saturated rings. The quantitative estimate of drug-likeness (QED) is 0.882. The van der Waals surface area contributed by atoms with Crippen LogP contribution in [0.3, 0.4) is 0 Å². The Balaban J connectivity index is 1.84. The zero-order valence-electron chi connectivity index (χ0n) is 12.9. The van der Waals surface area contributed by atoms with Crippen LogP contribution in [0.2, 0.25) is 0 Å². The lowest BCUT2D eigenvalue weighted by molar-refractivity contribution is 0.0693. The summed E-state index contributed by atoms with van der Waals surface area (Å²) in [6.45, 7) is 0. The topological polar surface area (TPSA) is 93.5 Å². The Kier molecular flexibility index (Phi) is 3.77. The molecule has 0 atom stereocenters. The number of nitrogens with one attached hydrogen (secondary N) is 1. The van der Waals surface area contributed by atoms with E-state index in [9.17, 15) is 9.59 Å². The van der Waals surface area contributed by atoms with Crippen LogP contribution in [-0.4, -0.2) is 33.9 Å². The van der Waals surface area contributed by atoms with Crippen molar-refractivity contribution in [3.63, 3.8) is 0 Å². The average Bonchev–Trinajstić information content (AvgIpc) is 3.28. The van der Waals surface area contributed by atoms with Gasteiger partial charge in [0.15, 0.2) is 0 Å². The molecule has 0 saturated heterocycles. The van der Waals surface area contributed by atoms with Crippen molar-refractivity contribution in [3.05, 3.63) is 41.2 Å². The zero-order valence-corrected chi connectivity index (χ0v) is 12.9. The summed E-state index contributed by atoms with van der Waals surface area (Å²) in [5, 5.41) is 16.0. The summed E-state index contributed by atoms with van der Waals surface area (Å²) in [4.78, 5) is 23.6. The molecule has 1 aliphatic carbocycles. The van der Waals surface area contributed by atoms with Crippen molar-refractivity contribution >= 4 is 17.6 Å². The molecule has 0 spiro atoms. The molecule has 120 valence electrons. The number of aromatic carboxylic acids is 1. The van der Waals surface area contributed by atoms with Gasteiger partial charge in [0, 0.05) is 24.7 Å². The van der Waals surface area contributed by atoms with Crippen molar-refractivity contribution in [2.75, 3.05) is 12.4 Å². The molecule has 7 nitrogen and oxygen atoms in total. The van der Waals surface area contributed by atoms with Crippen LogP contribution >= 0.6 is 0 Å². The highest BCUT2D eigenvalue weighted by Crippen LogP contribution is 2.41. The number of carboxylic acids is 1. The number of carbonyl (C=O) groups is 2. The van der Waals surface area contributed by atoms with Gasteiger partial charge in [-0.05, 0) is 25.0 Å². The van der Waals surface area contributed by atoms with Crippen molar-refractivity contribution in [2.24, 2.45) is 7.05 Å². The van der Waals surface area contributed by atoms with E-state index in [-0.39, 0.29) is 17.2 Å². The number of amides is 1. The molecule has 7 heteroatoms. The minimum absolute atomic E-state index is 0.0468. The predicted octanol–water partition coefficient (Wildman–Crippen LogP) is 2.26. The number of rotatable bonds is 5. The summed E-state index contributed by atoms with van der Waals surface area (Å²) in [5.41, 5.74) is 2.01. The van der Waals surface area contributed by atoms with Gasteiger partial charge in [-0.3, -0.25) is 9.48 Å². The number of nitrogens with zero attached hydrogens (tertiary/aromatic N) is 2. The molecule has 1 aliphatic rings. The number of hydrogen-bond donors (Lipinski definition) is 2. The van der Waals surface area contributed by atoms with Crippen molar-refractivity contribution in [1.82, 2.24) is 9.78 Å². The second-order valence-electron chi connectivity index (χ2n) is 5.52. The fraction of sp³-hybridized carbons (Fsp3) is 0.312. The van der Waals surface area contributed by atoms with Crippen molar-refractivity contribution < 1.29 is 19.4 Å². The minimum Gasteiger partial charge on any atom is -0.496 e. The first-order valence-corrected chi connectivity index (χ1v) is 7.26. The SMILES string of the molecule is COc1cc(NC(=O)c2cnn(C)c2C2CC2)ccc1C(=O)O. The van der Waals surface area contributed by atoms with E-state index in [1.807, 2.05) is 7.05 Å². The van der Waals surface area contributed by atoms with E-state index >= 15 is 0 Å². The third kappa shape index (κ3) is 2.90. The third-order valence-electron chi connectivity index (χ3n) is 3.88. The fourth-order valence-corrected chi connectivity index (χ4v) is 2.61. The van der Waals surface area contributed by atoms with Crippen LogP contribution in [0, 0.1) is 0 Å². The smallest absolute Gasteiger partial charge is 0.339 e. The molecule has 0 unspecified atom stereocenters. The van der Waals surface area contributed by atoms with Crippen molar-refractivity contribution in [1.29, 1.82) is 0 Å². The van der Waals surface area contributed by atoms with E-state index < -0.39 is 5.97 Å². The molecular weight excluding hydrogens is 298 g/mol. The third-order valence-corrected chi connectivity index (χ3v) is 3.88. The molecule has 0 aliphatic heterocycles. The molecule has 23 heavy (non-hydrogen) atoms. The molecule has 1 amide bonds. The maximum absolute atomic E-state index is 12.5. The van der Waals surface area contributed by atoms with E-state index in [0.717, 1.165) is 18.5 Å². The van der Waals surface area contributed by atoms with Crippen LogP contribution in [0.15, 0.2) is 24.4 Å². The van der Waals surface area contributed by atoms with Crippen LogP contribution < -0.4 is 10.1 Å². The van der Waals surface area contributed by atoms with Gasteiger partial charge >= 0.3 is 5.97 Å². The highest BCUT2D eigenvalue weighted by molar-refractivity contribution is 6.05. The largest absolute Gasteiger partial charge is 0.496 e. The lowest BCUT2D eigenvalue weighted by atomic mass is 10.1. The summed E-state index contributed by atoms with van der Waals surface area (Å²) in [7, 11) is 3.22. The minimum atomic E-state index is -1.08. The number of methoxy groups -OCH3 is 1. The Morgan fingerprint density at radius 3 is 2.70 bits per heavy atom. The molecule has 2 N–H and O–H groups in total. The summed E-state index contributed by atoms with van der Waals surface area (Å²) in [6, 6.07) is 4.44. The number of hydrogen-bond acceptors (Lipinski definition) is 4. The van der Waals surface area contributed by atoms with Crippen LogP contribution in [0.4, 0.5) is 5.69 Å². The van der Waals surface area contributed by atoms with E-state index in [4.69, 9.17) is 9.84 Å². The van der Waals surface area contributed by atoms with Crippen LogP contribution in [0.5, 0.6) is 5.75 Å². The van der Waals surface area contributed by atoms with Crippen molar-refractivity contribution in [3.8, 4) is 5.75 Å². The Bertz CT molecular complexity index is 778. The van der Waals surface area contributed by atoms with Gasteiger partial charge in [0.05, 0.1) is 24.6 Å². The summed E-state index contributed by atoms with van der Waals surface area (Å²) < 4.78 is 6.80. The van der Waals surface area contributed by atoms with Crippen LogP contribution in [-0.2, 0) is 7.05 Å². The van der Waals surface area contributed by atoms with Gasteiger partial charge in [0.1, 0.15) is 11.3 Å². The van der Waals surface area contributed by atoms with Gasteiger partial charge in [-0.1, -0.05) is 0 Å². The molecule has 2 aromatic rings. The molecule has 1 aromatic carbocycles. The number of carbonyl (C=O) groups excluding carboxylic acids is 1. The first-order valence-electron chi connectivity index (χ1n) is 7.26. The van der Waals surface area contributed by atoms with Gasteiger partial charge < -0.3 is 15.2 Å². The maximum atomic E-state index is 12.5. The van der Waals surface area contributed by atoms with Gasteiger partial charge in [0.25, 0.3) is 5.91 Å². The number of aryl methyl sites for hydroxylation is 1. The normalized spacial score (nSPS) is 13.7. The summed E-state index contributed by atoms with van der Waals surface area (Å²) in [5.74, 6) is -0.746. The first kappa shape index (κ1) is 15.1. The molecular formula is C16H17N3O4. The molecule has 0 radical (unpaired) electrons. The molecule has 1 heterocycles. The van der Waals surface area contributed by atoms with Crippen LogP contribution in [0.25, 0.3) is 0 Å². The Labute approximate surface area is 132 Å². The van der Waals surface area contributed by atoms with Gasteiger partial charge in [-0.2, -0.15) is 5.10 Å². The second-order valence-corrected chi connectivity index (χ2v) is 5.52. The molecule has 3 rings (SSSR count). The second kappa shape index (κ2) is 5.75. The summed E-state index contributed by atoms with van der Waals surface area (Å²) >= 11 is 0. The lowest BCUT2D eigenvalue weighted by Gasteiger charge is -2.10. The Morgan fingerprint density at radius 1 is 1.35 bits per heavy atom. The average molecular weight is 315 g/mol. The summed E-state index contributed by atoms with van der Waals surface area (Å²) in [6.07, 6.45) is 3.70.